The zero-order valence-corrected chi connectivity index (χ0v) is 10.7. The molecule has 1 aromatic rings. The number of nitriles is 1. The molecule has 0 unspecified atom stereocenters. The molecule has 0 atom stereocenters. The lowest BCUT2D eigenvalue weighted by Crippen LogP contribution is -2.17. The first-order valence-electron chi connectivity index (χ1n) is 5.15. The van der Waals surface area contributed by atoms with Crippen molar-refractivity contribution in [1.82, 2.24) is 5.32 Å². The Kier molecular flexibility index (Phi) is 4.61. The van der Waals surface area contributed by atoms with Gasteiger partial charge in [-0.05, 0) is 0 Å². The van der Waals surface area contributed by atoms with Gasteiger partial charge in [-0.2, -0.15) is 18.4 Å². The highest BCUT2D eigenvalue weighted by Crippen LogP contribution is 2.35. The summed E-state index contributed by atoms with van der Waals surface area (Å²) in [5.74, 6) is -0.483. The third kappa shape index (κ3) is 3.75. The summed E-state index contributed by atoms with van der Waals surface area (Å²) in [6, 6.07) is 1.77. The number of halogens is 3. The summed E-state index contributed by atoms with van der Waals surface area (Å²) in [7, 11) is 1.39. The molecule has 19 heavy (non-hydrogen) atoms. The summed E-state index contributed by atoms with van der Waals surface area (Å²) < 4.78 is 36.1. The number of amides is 1. The van der Waals surface area contributed by atoms with E-state index >= 15 is 0 Å². The molecule has 0 radical (unpaired) electrons. The zero-order chi connectivity index (χ0) is 14.6. The molecule has 5 nitrogen and oxygen atoms in total. The predicted octanol–water partition coefficient (Wildman–Crippen LogP) is 1.93. The Bertz CT molecular complexity index is 518. The van der Waals surface area contributed by atoms with Gasteiger partial charge in [-0.1, -0.05) is 0 Å². The quantitative estimate of drug-likeness (QED) is 0.790. The molecular weight excluding hydrogens is 281 g/mol. The fourth-order valence-corrected chi connectivity index (χ4v) is 2.32. The summed E-state index contributed by atoms with van der Waals surface area (Å²) in [4.78, 5) is 11.6. The Morgan fingerprint density at radius 2 is 2.16 bits per heavy atom. The van der Waals surface area contributed by atoms with E-state index in [0.717, 1.165) is 11.3 Å². The molecule has 9 heteroatoms. The average molecular weight is 292 g/mol. The Morgan fingerprint density at radius 3 is 2.63 bits per heavy atom. The van der Waals surface area contributed by atoms with E-state index < -0.39 is 18.5 Å². The van der Waals surface area contributed by atoms with Gasteiger partial charge in [-0.3, -0.25) is 4.79 Å². The normalized spacial score (nSPS) is 10.9. The lowest BCUT2D eigenvalue weighted by molar-refractivity contribution is -0.131. The second-order valence-corrected chi connectivity index (χ2v) is 4.55. The van der Waals surface area contributed by atoms with Gasteiger partial charge in [-0.15, -0.1) is 11.3 Å². The van der Waals surface area contributed by atoms with Crippen LogP contribution >= 0.6 is 11.3 Å². The first-order chi connectivity index (χ1) is 8.80. The van der Waals surface area contributed by atoms with Crippen molar-refractivity contribution in [3.05, 3.63) is 10.4 Å². The number of nitrogen functional groups attached to an aromatic ring is 1. The molecule has 0 saturated carbocycles. The standard InChI is InChI=1S/C10H11F3N4OS/c1-16-8(18)7-6(15)5(4-14)9(19-7)17-3-2-10(11,12)13/h17H,2-3,15H2,1H3,(H,16,18). The molecule has 0 spiro atoms. The van der Waals surface area contributed by atoms with Gasteiger partial charge in [0.1, 0.15) is 21.5 Å². The van der Waals surface area contributed by atoms with Crippen LogP contribution in [-0.2, 0) is 0 Å². The van der Waals surface area contributed by atoms with Crippen LogP contribution in [0, 0.1) is 11.3 Å². The number of nitrogens with two attached hydrogens (primary N) is 1. The van der Waals surface area contributed by atoms with Gasteiger partial charge in [0.15, 0.2) is 0 Å². The number of nitrogens with zero attached hydrogens (tertiary/aromatic N) is 1. The maximum absolute atomic E-state index is 12.0. The van der Waals surface area contributed by atoms with E-state index in [2.05, 4.69) is 10.6 Å². The number of carbonyl (C=O) groups is 1. The Balaban J connectivity index is 2.90. The summed E-state index contributed by atoms with van der Waals surface area (Å²) in [5, 5.41) is 13.9. The van der Waals surface area contributed by atoms with Crippen molar-refractivity contribution < 1.29 is 18.0 Å². The first kappa shape index (κ1) is 15.1. The van der Waals surface area contributed by atoms with E-state index in [9.17, 15) is 18.0 Å². The van der Waals surface area contributed by atoms with E-state index in [4.69, 9.17) is 11.0 Å². The van der Waals surface area contributed by atoms with Gasteiger partial charge >= 0.3 is 6.18 Å². The van der Waals surface area contributed by atoms with Gasteiger partial charge in [0.05, 0.1) is 12.1 Å². The number of hydrogen-bond acceptors (Lipinski definition) is 5. The lowest BCUT2D eigenvalue weighted by Gasteiger charge is -2.07. The maximum atomic E-state index is 12.0. The molecule has 104 valence electrons. The summed E-state index contributed by atoms with van der Waals surface area (Å²) in [5.41, 5.74) is 5.58. The SMILES string of the molecule is CNC(=O)c1sc(NCCC(F)(F)F)c(C#N)c1N. The number of carbonyl (C=O) groups excluding carboxylic acids is 1. The Hall–Kier alpha value is -1.95. The molecule has 1 aromatic heterocycles. The molecule has 0 fully saturated rings. The first-order valence-corrected chi connectivity index (χ1v) is 5.97. The van der Waals surface area contributed by atoms with Gasteiger partial charge in [-0.25, -0.2) is 0 Å². The van der Waals surface area contributed by atoms with E-state index in [-0.39, 0.29) is 27.7 Å². The molecule has 1 rings (SSSR count). The lowest BCUT2D eigenvalue weighted by atomic mass is 10.2. The fraction of sp³-hybridized carbons (Fsp3) is 0.400. The third-order valence-electron chi connectivity index (χ3n) is 2.18. The topological polar surface area (TPSA) is 90.9 Å². The Labute approximate surface area is 111 Å². The van der Waals surface area contributed by atoms with Gasteiger partial charge in [0.2, 0.25) is 0 Å². The zero-order valence-electron chi connectivity index (χ0n) is 9.89. The number of alkyl halides is 3. The predicted molar refractivity (Wildman–Crippen MR) is 66.0 cm³/mol. The molecular formula is C10H11F3N4OS. The molecule has 1 heterocycles. The maximum Gasteiger partial charge on any atom is 0.390 e. The molecule has 0 aliphatic rings. The van der Waals surface area contributed by atoms with E-state index in [1.165, 1.54) is 7.05 Å². The van der Waals surface area contributed by atoms with Crippen LogP contribution in [0.4, 0.5) is 23.9 Å². The van der Waals surface area contributed by atoms with Crippen LogP contribution in [0.15, 0.2) is 0 Å². The van der Waals surface area contributed by atoms with Crippen molar-refractivity contribution in [2.75, 3.05) is 24.6 Å². The molecule has 0 aromatic carbocycles. The smallest absolute Gasteiger partial charge is 0.390 e. The van der Waals surface area contributed by atoms with Crippen molar-refractivity contribution in [2.24, 2.45) is 0 Å². The van der Waals surface area contributed by atoms with Crippen LogP contribution < -0.4 is 16.4 Å². The van der Waals surface area contributed by atoms with Crippen molar-refractivity contribution in [2.45, 2.75) is 12.6 Å². The van der Waals surface area contributed by atoms with Crippen molar-refractivity contribution in [1.29, 1.82) is 5.26 Å². The van der Waals surface area contributed by atoms with E-state index in [1.807, 2.05) is 0 Å². The van der Waals surface area contributed by atoms with Gasteiger partial charge < -0.3 is 16.4 Å². The third-order valence-corrected chi connectivity index (χ3v) is 3.35. The molecule has 0 saturated heterocycles. The Morgan fingerprint density at radius 1 is 1.53 bits per heavy atom. The minimum absolute atomic E-state index is 0.00854. The molecule has 0 aliphatic carbocycles. The van der Waals surface area contributed by atoms with Crippen LogP contribution in [0.25, 0.3) is 0 Å². The van der Waals surface area contributed by atoms with Crippen molar-refractivity contribution in [3.8, 4) is 6.07 Å². The summed E-state index contributed by atoms with van der Waals surface area (Å²) in [6.45, 7) is -0.384. The number of nitrogens with one attached hydrogen (secondary N) is 2. The van der Waals surface area contributed by atoms with Crippen LogP contribution in [-0.4, -0.2) is 25.7 Å². The molecule has 4 N–H and O–H groups in total. The van der Waals surface area contributed by atoms with E-state index in [1.54, 1.807) is 6.07 Å². The van der Waals surface area contributed by atoms with Gasteiger partial charge in [0, 0.05) is 13.6 Å². The number of thiophene rings is 1. The van der Waals surface area contributed by atoms with E-state index in [0.29, 0.717) is 0 Å². The fourth-order valence-electron chi connectivity index (χ4n) is 1.28. The van der Waals surface area contributed by atoms with Crippen LogP contribution in [0.3, 0.4) is 0 Å². The summed E-state index contributed by atoms with van der Waals surface area (Å²) in [6.07, 6.45) is -5.32. The molecule has 1 amide bonds. The minimum atomic E-state index is -4.29. The average Bonchev–Trinajstić information content (AvgIpc) is 2.63. The number of rotatable bonds is 4. The highest BCUT2D eigenvalue weighted by molar-refractivity contribution is 7.18. The second-order valence-electron chi connectivity index (χ2n) is 3.53. The van der Waals surface area contributed by atoms with Crippen molar-refractivity contribution >= 4 is 27.9 Å². The van der Waals surface area contributed by atoms with Gasteiger partial charge in [0.25, 0.3) is 5.91 Å². The second kappa shape index (κ2) is 5.79. The monoisotopic (exact) mass is 292 g/mol. The van der Waals surface area contributed by atoms with Crippen LogP contribution in [0.1, 0.15) is 21.7 Å². The highest BCUT2D eigenvalue weighted by atomic mass is 32.1. The van der Waals surface area contributed by atoms with Crippen LogP contribution in [0.2, 0.25) is 0 Å². The number of hydrogen-bond donors (Lipinski definition) is 3. The molecule has 0 aliphatic heterocycles. The van der Waals surface area contributed by atoms with Crippen molar-refractivity contribution in [3.63, 3.8) is 0 Å². The minimum Gasteiger partial charge on any atom is -0.396 e. The van der Waals surface area contributed by atoms with Crippen LogP contribution in [0.5, 0.6) is 0 Å². The largest absolute Gasteiger partial charge is 0.396 e. The molecule has 0 bridgehead atoms. The highest BCUT2D eigenvalue weighted by Gasteiger charge is 2.27. The summed E-state index contributed by atoms with van der Waals surface area (Å²) >= 11 is 0.856. The number of anilines is 2.